The van der Waals surface area contributed by atoms with Gasteiger partial charge in [-0.3, -0.25) is 9.59 Å². The van der Waals surface area contributed by atoms with Crippen LogP contribution in [0.5, 0.6) is 0 Å². The Morgan fingerprint density at radius 2 is 1.62 bits per heavy atom. The Labute approximate surface area is 199 Å². The molecule has 0 aliphatic heterocycles. The summed E-state index contributed by atoms with van der Waals surface area (Å²) in [5.41, 5.74) is 4.56. The Balaban J connectivity index is 1.31. The predicted molar refractivity (Wildman–Crippen MR) is 128 cm³/mol. The number of carboxylic acids is 1. The first kappa shape index (κ1) is 23.8. The van der Waals surface area contributed by atoms with Crippen molar-refractivity contribution in [3.05, 3.63) is 59.7 Å². The Morgan fingerprint density at radius 3 is 2.24 bits per heavy atom. The molecule has 0 radical (unpaired) electrons. The van der Waals surface area contributed by atoms with Crippen molar-refractivity contribution in [3.8, 4) is 11.1 Å². The zero-order chi connectivity index (χ0) is 24.1. The summed E-state index contributed by atoms with van der Waals surface area (Å²) in [6, 6.07) is 15.5. The van der Waals surface area contributed by atoms with Gasteiger partial charge < -0.3 is 20.5 Å². The lowest BCUT2D eigenvalue weighted by atomic mass is 9.79. The number of aliphatic carboxylic acids is 1. The fourth-order valence-electron chi connectivity index (χ4n) is 5.27. The van der Waals surface area contributed by atoms with Gasteiger partial charge in [-0.05, 0) is 47.4 Å². The van der Waals surface area contributed by atoms with E-state index in [0.29, 0.717) is 19.4 Å². The minimum absolute atomic E-state index is 0.0497. The van der Waals surface area contributed by atoms with E-state index >= 15 is 0 Å². The van der Waals surface area contributed by atoms with Crippen LogP contribution >= 0.6 is 0 Å². The molecule has 7 heteroatoms. The van der Waals surface area contributed by atoms with E-state index in [0.717, 1.165) is 41.5 Å². The second kappa shape index (κ2) is 10.7. The van der Waals surface area contributed by atoms with E-state index in [1.165, 1.54) is 0 Å². The van der Waals surface area contributed by atoms with Crippen LogP contribution in [0.1, 0.15) is 56.1 Å². The normalized spacial score (nSPS) is 20.0. The second-order valence-electron chi connectivity index (χ2n) is 9.17. The molecule has 2 aliphatic rings. The fraction of sp³-hybridized carbons (Fsp3) is 0.444. The van der Waals surface area contributed by atoms with E-state index in [4.69, 9.17) is 4.74 Å². The first-order chi connectivity index (χ1) is 16.5. The highest BCUT2D eigenvalue weighted by atomic mass is 16.5. The lowest BCUT2D eigenvalue weighted by molar-refractivity contribution is -0.145. The molecular weight excluding hydrogens is 432 g/mol. The molecule has 2 aromatic rings. The number of carbonyl (C=O) groups excluding carboxylic acids is 2. The van der Waals surface area contributed by atoms with Gasteiger partial charge in [-0.25, -0.2) is 4.79 Å². The van der Waals surface area contributed by atoms with Crippen LogP contribution < -0.4 is 10.6 Å². The van der Waals surface area contributed by atoms with E-state index in [1.54, 1.807) is 0 Å². The Bertz CT molecular complexity index is 1010. The molecule has 0 bridgehead atoms. The maximum Gasteiger partial charge on any atom is 0.407 e. The molecule has 2 amide bonds. The van der Waals surface area contributed by atoms with E-state index in [2.05, 4.69) is 34.9 Å². The number of fused-ring (bicyclic) bond motifs is 3. The average molecular weight is 465 g/mol. The quantitative estimate of drug-likeness (QED) is 0.540. The third-order valence-corrected chi connectivity index (χ3v) is 7.13. The lowest BCUT2D eigenvalue weighted by Gasteiger charge is -2.29. The third kappa shape index (κ3) is 5.08. The van der Waals surface area contributed by atoms with Crippen molar-refractivity contribution < 1.29 is 24.2 Å². The van der Waals surface area contributed by atoms with E-state index in [9.17, 15) is 19.5 Å². The number of nitrogens with one attached hydrogen (secondary N) is 2. The van der Waals surface area contributed by atoms with Crippen LogP contribution in [0.25, 0.3) is 11.1 Å². The fourth-order valence-corrected chi connectivity index (χ4v) is 5.27. The topological polar surface area (TPSA) is 105 Å². The van der Waals surface area contributed by atoms with Gasteiger partial charge in [0.25, 0.3) is 0 Å². The molecule has 0 heterocycles. The van der Waals surface area contributed by atoms with Gasteiger partial charge >= 0.3 is 12.1 Å². The zero-order valence-corrected chi connectivity index (χ0v) is 19.5. The maximum absolute atomic E-state index is 12.7. The SMILES string of the molecule is CCC(NC(=O)OCC1c2ccccc2-c2ccccc21)C(=O)NC[C@H]1CCCC[C@H]1C(=O)O. The number of hydrogen-bond acceptors (Lipinski definition) is 4. The van der Waals surface area contributed by atoms with Crippen molar-refractivity contribution in [2.45, 2.75) is 51.0 Å². The molecule has 0 aromatic heterocycles. The summed E-state index contributed by atoms with van der Waals surface area (Å²) in [5, 5.41) is 14.9. The van der Waals surface area contributed by atoms with Crippen LogP contribution in [0, 0.1) is 11.8 Å². The van der Waals surface area contributed by atoms with Gasteiger partial charge in [0, 0.05) is 12.5 Å². The second-order valence-corrected chi connectivity index (χ2v) is 9.17. The van der Waals surface area contributed by atoms with E-state index in [-0.39, 0.29) is 24.3 Å². The summed E-state index contributed by atoms with van der Waals surface area (Å²) in [4.78, 5) is 36.7. The van der Waals surface area contributed by atoms with Gasteiger partial charge in [-0.1, -0.05) is 68.3 Å². The first-order valence-corrected chi connectivity index (χ1v) is 12.1. The number of ether oxygens (including phenoxy) is 1. The van der Waals surface area contributed by atoms with Crippen molar-refractivity contribution in [1.29, 1.82) is 0 Å². The standard InChI is InChI=1S/C27H32N2O5/c1-2-24(25(30)28-15-17-9-3-4-10-18(17)26(31)32)29-27(33)34-16-23-21-13-7-5-11-19(21)20-12-6-8-14-22(20)23/h5-8,11-14,17-18,23-24H,2-4,9-10,15-16H2,1H3,(H,28,30)(H,29,33)(H,31,32)/t17-,18-,24?/m1/s1. The third-order valence-electron chi connectivity index (χ3n) is 7.13. The van der Waals surface area contributed by atoms with Crippen LogP contribution in [0.3, 0.4) is 0 Å². The molecule has 0 saturated heterocycles. The van der Waals surface area contributed by atoms with Gasteiger partial charge in [0.1, 0.15) is 12.6 Å². The zero-order valence-electron chi connectivity index (χ0n) is 19.5. The maximum atomic E-state index is 12.7. The molecule has 1 saturated carbocycles. The monoisotopic (exact) mass is 464 g/mol. The van der Waals surface area contributed by atoms with Gasteiger partial charge in [-0.15, -0.1) is 0 Å². The summed E-state index contributed by atoms with van der Waals surface area (Å²) in [7, 11) is 0. The number of benzene rings is 2. The summed E-state index contributed by atoms with van der Waals surface area (Å²) >= 11 is 0. The van der Waals surface area contributed by atoms with Crippen molar-refractivity contribution in [3.63, 3.8) is 0 Å². The number of rotatable bonds is 8. The predicted octanol–water partition coefficient (Wildman–Crippen LogP) is 4.31. The average Bonchev–Trinajstić information content (AvgIpc) is 3.18. The molecule has 3 atom stereocenters. The van der Waals surface area contributed by atoms with Gasteiger partial charge in [0.15, 0.2) is 0 Å². The van der Waals surface area contributed by atoms with Crippen molar-refractivity contribution in [2.75, 3.05) is 13.2 Å². The minimum Gasteiger partial charge on any atom is -0.481 e. The Kier molecular flexibility index (Phi) is 7.50. The number of carboxylic acid groups (broad SMARTS) is 1. The largest absolute Gasteiger partial charge is 0.481 e. The minimum atomic E-state index is -0.803. The van der Waals surface area contributed by atoms with Crippen LogP contribution in [-0.2, 0) is 14.3 Å². The molecular formula is C27H32N2O5. The molecule has 2 aliphatic carbocycles. The number of alkyl carbamates (subject to hydrolysis) is 1. The number of amides is 2. The summed E-state index contributed by atoms with van der Waals surface area (Å²) in [5.74, 6) is -1.67. The van der Waals surface area contributed by atoms with Crippen molar-refractivity contribution in [1.82, 2.24) is 10.6 Å². The van der Waals surface area contributed by atoms with Crippen molar-refractivity contribution in [2.24, 2.45) is 11.8 Å². The van der Waals surface area contributed by atoms with Gasteiger partial charge in [0.05, 0.1) is 5.92 Å². The van der Waals surface area contributed by atoms with Gasteiger partial charge in [-0.2, -0.15) is 0 Å². The highest BCUT2D eigenvalue weighted by Crippen LogP contribution is 2.44. The molecule has 34 heavy (non-hydrogen) atoms. The van der Waals surface area contributed by atoms with E-state index < -0.39 is 24.0 Å². The smallest absolute Gasteiger partial charge is 0.407 e. The summed E-state index contributed by atoms with van der Waals surface area (Å²) in [6.45, 7) is 2.30. The molecule has 7 nitrogen and oxygen atoms in total. The lowest BCUT2D eigenvalue weighted by Crippen LogP contribution is -2.48. The Hall–Kier alpha value is -3.35. The molecule has 1 unspecified atom stereocenters. The van der Waals surface area contributed by atoms with E-state index in [1.807, 2.05) is 31.2 Å². The van der Waals surface area contributed by atoms with Gasteiger partial charge in [0.2, 0.25) is 5.91 Å². The highest BCUT2D eigenvalue weighted by Gasteiger charge is 2.32. The molecule has 0 spiro atoms. The first-order valence-electron chi connectivity index (χ1n) is 12.1. The number of carbonyl (C=O) groups is 3. The Morgan fingerprint density at radius 1 is 1.00 bits per heavy atom. The molecule has 3 N–H and O–H groups in total. The summed E-state index contributed by atoms with van der Waals surface area (Å²) in [6.07, 6.45) is 3.08. The highest BCUT2D eigenvalue weighted by molar-refractivity contribution is 5.85. The van der Waals surface area contributed by atoms with Crippen molar-refractivity contribution >= 4 is 18.0 Å². The number of hydrogen-bond donors (Lipinski definition) is 3. The van der Waals surface area contributed by atoms with Crippen LogP contribution in [0.4, 0.5) is 4.79 Å². The summed E-state index contributed by atoms with van der Waals surface area (Å²) < 4.78 is 5.56. The molecule has 1 fully saturated rings. The molecule has 2 aromatic carbocycles. The van der Waals surface area contributed by atoms with Crippen LogP contribution in [0.2, 0.25) is 0 Å². The van der Waals surface area contributed by atoms with Crippen LogP contribution in [-0.4, -0.2) is 42.3 Å². The molecule has 4 rings (SSSR count). The van der Waals surface area contributed by atoms with Crippen LogP contribution in [0.15, 0.2) is 48.5 Å². The molecule has 180 valence electrons.